The molecule has 0 unspecified atom stereocenters. The van der Waals surface area contributed by atoms with E-state index in [0.29, 0.717) is 6.54 Å². The first-order chi connectivity index (χ1) is 9.39. The molecule has 0 aliphatic heterocycles. The number of para-hydroxylation sites is 1. The first kappa shape index (κ1) is 14.4. The minimum absolute atomic E-state index is 0.118. The highest BCUT2D eigenvalue weighted by atomic mass is 32.2. The van der Waals surface area contributed by atoms with Crippen molar-refractivity contribution in [2.45, 2.75) is 11.4 Å². The van der Waals surface area contributed by atoms with E-state index in [1.165, 1.54) is 23.5 Å². The summed E-state index contributed by atoms with van der Waals surface area (Å²) in [6.07, 6.45) is 0. The summed E-state index contributed by atoms with van der Waals surface area (Å²) >= 11 is 1.50. The van der Waals surface area contributed by atoms with Crippen molar-refractivity contribution in [2.24, 2.45) is 5.14 Å². The van der Waals surface area contributed by atoms with E-state index >= 15 is 0 Å². The number of primary sulfonamides is 1. The summed E-state index contributed by atoms with van der Waals surface area (Å²) in [6.45, 7) is 0.360. The minimum Gasteiger partial charge on any atom is -0.375 e. The number of nitro groups is 1. The van der Waals surface area contributed by atoms with Gasteiger partial charge < -0.3 is 5.32 Å². The molecule has 9 heteroatoms. The molecule has 0 atom stereocenters. The molecule has 7 nitrogen and oxygen atoms in total. The molecule has 0 fully saturated rings. The molecule has 1 aromatic carbocycles. The molecule has 0 aliphatic carbocycles. The molecular weight excluding hydrogens is 302 g/mol. The van der Waals surface area contributed by atoms with Crippen LogP contribution in [-0.2, 0) is 16.6 Å². The quantitative estimate of drug-likeness (QED) is 0.646. The van der Waals surface area contributed by atoms with Crippen molar-refractivity contribution in [2.75, 3.05) is 5.32 Å². The highest BCUT2D eigenvalue weighted by Crippen LogP contribution is 2.31. The van der Waals surface area contributed by atoms with Crippen molar-refractivity contribution in [3.63, 3.8) is 0 Å². The molecule has 0 aliphatic rings. The fourth-order valence-electron chi connectivity index (χ4n) is 1.67. The Balaban J connectivity index is 2.40. The van der Waals surface area contributed by atoms with Gasteiger partial charge in [-0.05, 0) is 34.5 Å². The number of nitro benzene ring substituents is 1. The van der Waals surface area contributed by atoms with Gasteiger partial charge in [-0.15, -0.1) is 0 Å². The van der Waals surface area contributed by atoms with Crippen LogP contribution < -0.4 is 10.5 Å². The van der Waals surface area contributed by atoms with Gasteiger partial charge in [0.15, 0.2) is 4.90 Å². The number of nitrogens with one attached hydrogen (secondary N) is 1. The zero-order valence-electron chi connectivity index (χ0n) is 10.1. The number of rotatable bonds is 5. The first-order valence-corrected chi connectivity index (χ1v) is 7.93. The van der Waals surface area contributed by atoms with Gasteiger partial charge in [-0.25, -0.2) is 13.6 Å². The lowest BCUT2D eigenvalue weighted by molar-refractivity contribution is -0.386. The van der Waals surface area contributed by atoms with Gasteiger partial charge in [0.2, 0.25) is 10.0 Å². The number of nitrogens with zero attached hydrogens (tertiary/aromatic N) is 1. The number of sulfonamides is 1. The van der Waals surface area contributed by atoms with E-state index in [1.54, 1.807) is 0 Å². The molecule has 3 N–H and O–H groups in total. The third kappa shape index (κ3) is 3.13. The Kier molecular flexibility index (Phi) is 4.02. The molecule has 0 saturated heterocycles. The van der Waals surface area contributed by atoms with Crippen LogP contribution in [0.1, 0.15) is 5.56 Å². The maximum absolute atomic E-state index is 11.4. The van der Waals surface area contributed by atoms with E-state index in [4.69, 9.17) is 5.14 Å². The van der Waals surface area contributed by atoms with Crippen LogP contribution in [0.4, 0.5) is 11.4 Å². The summed E-state index contributed by atoms with van der Waals surface area (Å²) < 4.78 is 22.8. The van der Waals surface area contributed by atoms with Crippen LogP contribution in [-0.4, -0.2) is 13.3 Å². The Morgan fingerprint density at radius 1 is 1.35 bits per heavy atom. The lowest BCUT2D eigenvalue weighted by Gasteiger charge is -2.08. The summed E-state index contributed by atoms with van der Waals surface area (Å²) in [6, 6.07) is 5.83. The van der Waals surface area contributed by atoms with E-state index in [9.17, 15) is 18.5 Å². The first-order valence-electron chi connectivity index (χ1n) is 5.45. The maximum Gasteiger partial charge on any atom is 0.312 e. The molecule has 0 amide bonds. The van der Waals surface area contributed by atoms with Crippen LogP contribution in [0.5, 0.6) is 0 Å². The molecular formula is C11H11N3O4S2. The lowest BCUT2D eigenvalue weighted by atomic mass is 10.2. The third-order valence-corrected chi connectivity index (χ3v) is 4.23. The summed E-state index contributed by atoms with van der Waals surface area (Å²) in [5, 5.41) is 22.7. The molecule has 1 heterocycles. The number of nitrogens with two attached hydrogens (primary N) is 1. The fraction of sp³-hybridized carbons (Fsp3) is 0.0909. The monoisotopic (exact) mass is 313 g/mol. The fourth-order valence-corrected chi connectivity index (χ4v) is 3.06. The van der Waals surface area contributed by atoms with Crippen LogP contribution >= 0.6 is 11.3 Å². The number of anilines is 1. The average Bonchev–Trinajstić information content (AvgIpc) is 2.87. The average molecular weight is 313 g/mol. The lowest BCUT2D eigenvalue weighted by Crippen LogP contribution is -2.15. The highest BCUT2D eigenvalue weighted by Gasteiger charge is 2.26. The third-order valence-electron chi connectivity index (χ3n) is 2.55. The Bertz CT molecular complexity index is 726. The van der Waals surface area contributed by atoms with Gasteiger partial charge in [-0.2, -0.15) is 11.3 Å². The molecule has 1 aromatic heterocycles. The number of hydrogen-bond donors (Lipinski definition) is 2. The number of hydrogen-bond acceptors (Lipinski definition) is 6. The summed E-state index contributed by atoms with van der Waals surface area (Å²) in [7, 11) is -4.15. The minimum atomic E-state index is -4.15. The van der Waals surface area contributed by atoms with E-state index < -0.39 is 25.5 Å². The van der Waals surface area contributed by atoms with Gasteiger partial charge in [0, 0.05) is 6.54 Å². The molecule has 2 aromatic rings. The second-order valence-corrected chi connectivity index (χ2v) is 6.25. The SMILES string of the molecule is NS(=O)(=O)c1cccc(NCc2ccsc2)c1[N+](=O)[O-]. The zero-order valence-corrected chi connectivity index (χ0v) is 11.8. The van der Waals surface area contributed by atoms with Gasteiger partial charge >= 0.3 is 5.69 Å². The van der Waals surface area contributed by atoms with Crippen molar-refractivity contribution in [3.05, 3.63) is 50.7 Å². The summed E-state index contributed by atoms with van der Waals surface area (Å²) in [4.78, 5) is 9.84. The molecule has 0 saturated carbocycles. The van der Waals surface area contributed by atoms with Crippen LogP contribution in [0.15, 0.2) is 39.9 Å². The van der Waals surface area contributed by atoms with Gasteiger partial charge in [0.05, 0.1) is 4.92 Å². The smallest absolute Gasteiger partial charge is 0.312 e. The van der Waals surface area contributed by atoms with E-state index in [1.807, 2.05) is 16.8 Å². The van der Waals surface area contributed by atoms with Gasteiger partial charge in [0.25, 0.3) is 0 Å². The highest BCUT2D eigenvalue weighted by molar-refractivity contribution is 7.89. The molecule has 2 rings (SSSR count). The van der Waals surface area contributed by atoms with Crippen molar-refractivity contribution in [3.8, 4) is 0 Å². The Hall–Kier alpha value is -1.97. The predicted octanol–water partition coefficient (Wildman–Crippen LogP) is 1.92. The molecule has 0 radical (unpaired) electrons. The van der Waals surface area contributed by atoms with Crippen LogP contribution in [0.25, 0.3) is 0 Å². The molecule has 0 spiro atoms. The standard InChI is InChI=1S/C11H11N3O4S2/c12-20(17,18)10-3-1-2-9(11(10)14(15)16)13-6-8-4-5-19-7-8/h1-5,7,13H,6H2,(H2,12,17,18). The normalized spacial score (nSPS) is 11.2. The summed E-state index contributed by atoms with van der Waals surface area (Å²) in [5.74, 6) is 0. The van der Waals surface area contributed by atoms with E-state index in [2.05, 4.69) is 5.32 Å². The van der Waals surface area contributed by atoms with Gasteiger partial charge in [-0.1, -0.05) is 6.07 Å². The maximum atomic E-state index is 11.4. The van der Waals surface area contributed by atoms with E-state index in [0.717, 1.165) is 11.6 Å². The predicted molar refractivity (Wildman–Crippen MR) is 76.1 cm³/mol. The van der Waals surface area contributed by atoms with Crippen molar-refractivity contribution in [1.29, 1.82) is 0 Å². The molecule has 106 valence electrons. The van der Waals surface area contributed by atoms with Crippen molar-refractivity contribution in [1.82, 2.24) is 0 Å². The second-order valence-electron chi connectivity index (χ2n) is 3.94. The molecule has 0 bridgehead atoms. The Labute approximate surface area is 119 Å². The summed E-state index contributed by atoms with van der Waals surface area (Å²) in [5.41, 5.74) is 0.531. The Morgan fingerprint density at radius 3 is 2.65 bits per heavy atom. The van der Waals surface area contributed by atoms with Gasteiger partial charge in [-0.3, -0.25) is 10.1 Å². The molecule has 20 heavy (non-hydrogen) atoms. The van der Waals surface area contributed by atoms with Crippen molar-refractivity contribution < 1.29 is 13.3 Å². The Morgan fingerprint density at radius 2 is 2.10 bits per heavy atom. The zero-order chi connectivity index (χ0) is 14.8. The van der Waals surface area contributed by atoms with Gasteiger partial charge in [0.1, 0.15) is 5.69 Å². The van der Waals surface area contributed by atoms with E-state index in [-0.39, 0.29) is 5.69 Å². The van der Waals surface area contributed by atoms with Crippen molar-refractivity contribution >= 4 is 32.7 Å². The van der Waals surface area contributed by atoms with Crippen LogP contribution in [0.3, 0.4) is 0 Å². The number of benzene rings is 1. The van der Waals surface area contributed by atoms with Crippen LogP contribution in [0, 0.1) is 10.1 Å². The number of thiophene rings is 1. The second kappa shape index (κ2) is 5.57. The van der Waals surface area contributed by atoms with Crippen LogP contribution in [0.2, 0.25) is 0 Å². The largest absolute Gasteiger partial charge is 0.375 e. The topological polar surface area (TPSA) is 115 Å².